The zero-order valence-corrected chi connectivity index (χ0v) is 30.7. The van der Waals surface area contributed by atoms with E-state index in [-0.39, 0.29) is 0 Å². The van der Waals surface area contributed by atoms with Crippen molar-refractivity contribution in [3.8, 4) is 45.3 Å². The van der Waals surface area contributed by atoms with Crippen LogP contribution in [-0.2, 0) is 0 Å². The van der Waals surface area contributed by atoms with E-state index >= 15 is 0 Å². The second-order valence-corrected chi connectivity index (χ2v) is 14.6. The molecule has 0 atom stereocenters. The third-order valence-corrected chi connectivity index (χ3v) is 11.3. The predicted molar refractivity (Wildman–Crippen MR) is 234 cm³/mol. The van der Waals surface area contributed by atoms with Crippen molar-refractivity contribution >= 4 is 65.6 Å². The van der Waals surface area contributed by atoms with Gasteiger partial charge in [0.2, 0.25) is 0 Å². The van der Waals surface area contributed by atoms with E-state index in [0.29, 0.717) is 5.82 Å². The van der Waals surface area contributed by atoms with E-state index in [4.69, 9.17) is 14.4 Å². The number of hydrogen-bond acceptors (Lipinski definition) is 3. The molecule has 4 heterocycles. The summed E-state index contributed by atoms with van der Waals surface area (Å²) in [4.78, 5) is 10.4. The number of para-hydroxylation sites is 3. The Labute approximate surface area is 327 Å². The Kier molecular flexibility index (Phi) is 6.86. The Morgan fingerprint density at radius 2 is 0.930 bits per heavy atom. The van der Waals surface area contributed by atoms with Crippen molar-refractivity contribution in [2.75, 3.05) is 0 Å². The average molecular weight is 729 g/mol. The lowest BCUT2D eigenvalue weighted by Crippen LogP contribution is -1.98. The van der Waals surface area contributed by atoms with Gasteiger partial charge in [0.05, 0.1) is 38.8 Å². The zero-order chi connectivity index (χ0) is 37.5. The summed E-state index contributed by atoms with van der Waals surface area (Å²) in [5.41, 5.74) is 13.2. The Morgan fingerprint density at radius 3 is 1.67 bits per heavy atom. The molecule has 0 N–H and O–H groups in total. The van der Waals surface area contributed by atoms with Crippen molar-refractivity contribution in [1.82, 2.24) is 19.1 Å². The van der Waals surface area contributed by atoms with Gasteiger partial charge in [-0.1, -0.05) is 127 Å². The van der Waals surface area contributed by atoms with Crippen LogP contribution in [0.25, 0.3) is 111 Å². The Bertz CT molecular complexity index is 3450. The third kappa shape index (κ3) is 4.82. The molecule has 5 heteroatoms. The molecule has 12 rings (SSSR count). The number of aromatic nitrogens is 4. The molecule has 0 radical (unpaired) electrons. The summed E-state index contributed by atoms with van der Waals surface area (Å²) >= 11 is 0. The smallest absolute Gasteiger partial charge is 0.160 e. The number of rotatable bonds is 5. The molecule has 8 aromatic carbocycles. The summed E-state index contributed by atoms with van der Waals surface area (Å²) in [5, 5.41) is 7.01. The molecule has 0 aliphatic heterocycles. The molecule has 12 aromatic rings. The lowest BCUT2D eigenvalue weighted by Gasteiger charge is -2.12. The van der Waals surface area contributed by atoms with Crippen LogP contribution in [0.2, 0.25) is 0 Å². The lowest BCUT2D eigenvalue weighted by atomic mass is 10.0. The minimum Gasteiger partial charge on any atom is -0.456 e. The Balaban J connectivity index is 1.18. The van der Waals surface area contributed by atoms with Crippen LogP contribution >= 0.6 is 0 Å². The quantitative estimate of drug-likeness (QED) is 0.177. The first-order valence-electron chi connectivity index (χ1n) is 19.3. The number of hydrogen-bond donors (Lipinski definition) is 0. The maximum atomic E-state index is 6.53. The first-order valence-corrected chi connectivity index (χ1v) is 19.3. The summed E-state index contributed by atoms with van der Waals surface area (Å²) < 4.78 is 11.3. The fourth-order valence-corrected chi connectivity index (χ4v) is 8.86. The van der Waals surface area contributed by atoms with E-state index in [0.717, 1.165) is 72.4 Å². The molecule has 0 bridgehead atoms. The standard InChI is InChI=1S/C52H32N4O/c1-4-15-33(16-5-1)41-32-42(34-17-6-2-7-18-34)54-52(53-41)35-19-14-22-37(31-35)56-45-29-28-44-48(38-23-10-12-25-43(38)55(44)36-20-8-3-9-21-36)49(45)40-27-30-47-50(51(40)56)39-24-11-13-26-46(39)57-47/h1-32H. The van der Waals surface area contributed by atoms with Crippen molar-refractivity contribution in [2.24, 2.45) is 0 Å². The van der Waals surface area contributed by atoms with Crippen LogP contribution in [0.4, 0.5) is 0 Å². The van der Waals surface area contributed by atoms with Crippen LogP contribution in [-0.4, -0.2) is 19.1 Å². The van der Waals surface area contributed by atoms with Gasteiger partial charge in [0.25, 0.3) is 0 Å². The maximum Gasteiger partial charge on any atom is 0.160 e. The van der Waals surface area contributed by atoms with E-state index in [1.165, 1.54) is 32.6 Å². The number of fused-ring (bicyclic) bond motifs is 11. The molecule has 0 amide bonds. The van der Waals surface area contributed by atoms with E-state index in [9.17, 15) is 0 Å². The van der Waals surface area contributed by atoms with Crippen molar-refractivity contribution in [3.63, 3.8) is 0 Å². The molecule has 0 aliphatic carbocycles. The fourth-order valence-electron chi connectivity index (χ4n) is 8.86. The van der Waals surface area contributed by atoms with Gasteiger partial charge in [0.1, 0.15) is 11.2 Å². The van der Waals surface area contributed by atoms with E-state index in [2.05, 4.69) is 185 Å². The highest BCUT2D eigenvalue weighted by molar-refractivity contribution is 6.33. The molecular formula is C52H32N4O. The molecule has 0 fully saturated rings. The molecule has 0 saturated heterocycles. The first kappa shape index (κ1) is 31.6. The van der Waals surface area contributed by atoms with Gasteiger partial charge in [0, 0.05) is 55.0 Å². The van der Waals surface area contributed by atoms with Crippen LogP contribution in [0.5, 0.6) is 0 Å². The van der Waals surface area contributed by atoms with Crippen LogP contribution in [0.1, 0.15) is 0 Å². The number of nitrogens with zero attached hydrogens (tertiary/aromatic N) is 4. The summed E-state index contributed by atoms with van der Waals surface area (Å²) in [7, 11) is 0. The fraction of sp³-hybridized carbons (Fsp3) is 0. The number of benzene rings is 8. The molecule has 0 aliphatic rings. The third-order valence-electron chi connectivity index (χ3n) is 11.3. The predicted octanol–water partition coefficient (Wildman–Crippen LogP) is 13.6. The van der Waals surface area contributed by atoms with Gasteiger partial charge in [-0.25, -0.2) is 9.97 Å². The highest BCUT2D eigenvalue weighted by atomic mass is 16.3. The summed E-state index contributed by atoms with van der Waals surface area (Å²) in [5.74, 6) is 0.671. The SMILES string of the molecule is c1ccc(-c2cc(-c3ccccc3)nc(-c3cccc(-n4c5ccc6c(c7ccccc7n6-c6ccccc6)c5c5ccc6oc7ccccc7c6c54)c3)n2)cc1. The largest absolute Gasteiger partial charge is 0.456 e. The average Bonchev–Trinajstić information content (AvgIpc) is 3.95. The van der Waals surface area contributed by atoms with Crippen LogP contribution in [0, 0.1) is 0 Å². The highest BCUT2D eigenvalue weighted by Crippen LogP contribution is 2.46. The maximum absolute atomic E-state index is 6.53. The summed E-state index contributed by atoms with van der Waals surface area (Å²) in [6.07, 6.45) is 0. The van der Waals surface area contributed by atoms with Gasteiger partial charge in [-0.05, 0) is 66.7 Å². The molecule has 0 saturated carbocycles. The van der Waals surface area contributed by atoms with Crippen molar-refractivity contribution in [1.29, 1.82) is 0 Å². The van der Waals surface area contributed by atoms with Crippen molar-refractivity contribution in [3.05, 3.63) is 194 Å². The minimum atomic E-state index is 0.671. The van der Waals surface area contributed by atoms with Gasteiger partial charge in [0.15, 0.2) is 5.82 Å². The van der Waals surface area contributed by atoms with Gasteiger partial charge < -0.3 is 13.6 Å². The molecule has 5 nitrogen and oxygen atoms in total. The first-order chi connectivity index (χ1) is 28.3. The van der Waals surface area contributed by atoms with Gasteiger partial charge >= 0.3 is 0 Å². The topological polar surface area (TPSA) is 48.8 Å². The van der Waals surface area contributed by atoms with E-state index in [1.54, 1.807) is 0 Å². The van der Waals surface area contributed by atoms with Crippen LogP contribution in [0.15, 0.2) is 199 Å². The molecule has 266 valence electrons. The van der Waals surface area contributed by atoms with Crippen LogP contribution in [0.3, 0.4) is 0 Å². The Hall–Kier alpha value is -7.76. The van der Waals surface area contributed by atoms with Crippen molar-refractivity contribution < 1.29 is 4.42 Å². The van der Waals surface area contributed by atoms with Gasteiger partial charge in [-0.3, -0.25) is 0 Å². The molecule has 0 spiro atoms. The lowest BCUT2D eigenvalue weighted by molar-refractivity contribution is 0.669. The zero-order valence-electron chi connectivity index (χ0n) is 30.7. The normalized spacial score (nSPS) is 11.9. The molecular weight excluding hydrogens is 697 g/mol. The van der Waals surface area contributed by atoms with Gasteiger partial charge in [-0.2, -0.15) is 0 Å². The van der Waals surface area contributed by atoms with Crippen molar-refractivity contribution in [2.45, 2.75) is 0 Å². The number of furan rings is 1. The molecule has 57 heavy (non-hydrogen) atoms. The Morgan fingerprint density at radius 1 is 0.351 bits per heavy atom. The second kappa shape index (κ2) is 12.4. The summed E-state index contributed by atoms with van der Waals surface area (Å²) in [6, 6.07) is 68.2. The summed E-state index contributed by atoms with van der Waals surface area (Å²) in [6.45, 7) is 0. The monoisotopic (exact) mass is 728 g/mol. The molecule has 0 unspecified atom stereocenters. The van der Waals surface area contributed by atoms with Crippen LogP contribution < -0.4 is 0 Å². The van der Waals surface area contributed by atoms with E-state index < -0.39 is 0 Å². The highest BCUT2D eigenvalue weighted by Gasteiger charge is 2.24. The van der Waals surface area contributed by atoms with Gasteiger partial charge in [-0.15, -0.1) is 0 Å². The minimum absolute atomic E-state index is 0.671. The van der Waals surface area contributed by atoms with E-state index in [1.807, 2.05) is 18.2 Å². The second-order valence-electron chi connectivity index (χ2n) is 14.6. The molecule has 4 aromatic heterocycles.